The van der Waals surface area contributed by atoms with Gasteiger partial charge in [-0.1, -0.05) is 13.8 Å². The van der Waals surface area contributed by atoms with Gasteiger partial charge in [-0.05, 0) is 15.9 Å². The van der Waals surface area contributed by atoms with Crippen LogP contribution in [0.4, 0.5) is 11.6 Å². The van der Waals surface area contributed by atoms with Crippen LogP contribution in [-0.2, 0) is 0 Å². The highest BCUT2D eigenvalue weighted by atomic mass is 79.9. The van der Waals surface area contributed by atoms with Gasteiger partial charge in [-0.15, -0.1) is 0 Å². The van der Waals surface area contributed by atoms with Crippen LogP contribution in [0.5, 0.6) is 0 Å². The molecular weight excluding hydrogens is 274 g/mol. The molecule has 1 heterocycles. The van der Waals surface area contributed by atoms with Gasteiger partial charge in [0.15, 0.2) is 5.82 Å². The SMILES string of the molecule is CC(C)(CO)CNc1ncnc(NN)c1Br. The van der Waals surface area contributed by atoms with Crippen LogP contribution in [0.15, 0.2) is 10.8 Å². The number of halogens is 1. The molecule has 0 saturated heterocycles. The lowest BCUT2D eigenvalue weighted by atomic mass is 9.95. The van der Waals surface area contributed by atoms with Crippen molar-refractivity contribution in [3.63, 3.8) is 0 Å². The molecule has 0 fully saturated rings. The van der Waals surface area contributed by atoms with Crippen LogP contribution in [0.25, 0.3) is 0 Å². The van der Waals surface area contributed by atoms with E-state index in [1.165, 1.54) is 6.33 Å². The van der Waals surface area contributed by atoms with Crippen molar-refractivity contribution < 1.29 is 5.11 Å². The van der Waals surface area contributed by atoms with E-state index in [0.29, 0.717) is 22.7 Å². The maximum atomic E-state index is 9.13. The van der Waals surface area contributed by atoms with Gasteiger partial charge in [-0.2, -0.15) is 0 Å². The summed E-state index contributed by atoms with van der Waals surface area (Å²) in [6.45, 7) is 4.61. The van der Waals surface area contributed by atoms with Gasteiger partial charge in [0.2, 0.25) is 0 Å². The van der Waals surface area contributed by atoms with Crippen LogP contribution in [-0.4, -0.2) is 28.2 Å². The van der Waals surface area contributed by atoms with Crippen LogP contribution < -0.4 is 16.6 Å². The number of hydrogen-bond acceptors (Lipinski definition) is 6. The van der Waals surface area contributed by atoms with Gasteiger partial charge in [-0.25, -0.2) is 15.8 Å². The minimum atomic E-state index is -0.208. The molecule has 7 heteroatoms. The molecule has 16 heavy (non-hydrogen) atoms. The predicted octanol–water partition coefficient (Wildman–Crippen LogP) is 0.955. The summed E-state index contributed by atoms with van der Waals surface area (Å²) in [5.74, 6) is 6.45. The molecule has 1 rings (SSSR count). The van der Waals surface area contributed by atoms with E-state index in [9.17, 15) is 0 Å². The van der Waals surface area contributed by atoms with E-state index in [0.717, 1.165) is 0 Å². The molecule has 90 valence electrons. The van der Waals surface area contributed by atoms with Crippen molar-refractivity contribution in [2.24, 2.45) is 11.3 Å². The predicted molar refractivity (Wildman–Crippen MR) is 66.9 cm³/mol. The number of nitrogen functional groups attached to an aromatic ring is 1. The van der Waals surface area contributed by atoms with Gasteiger partial charge in [0.05, 0.1) is 0 Å². The number of aliphatic hydroxyl groups excluding tert-OH is 1. The lowest BCUT2D eigenvalue weighted by molar-refractivity contribution is 0.170. The quantitative estimate of drug-likeness (QED) is 0.476. The van der Waals surface area contributed by atoms with E-state index in [1.807, 2.05) is 13.8 Å². The number of nitrogens with two attached hydrogens (primary N) is 1. The lowest BCUT2D eigenvalue weighted by Gasteiger charge is -2.22. The molecular formula is C9H16BrN5O. The van der Waals surface area contributed by atoms with Crippen LogP contribution >= 0.6 is 15.9 Å². The van der Waals surface area contributed by atoms with E-state index in [2.05, 4.69) is 36.6 Å². The van der Waals surface area contributed by atoms with Gasteiger partial charge < -0.3 is 15.8 Å². The normalized spacial score (nSPS) is 11.3. The molecule has 0 aliphatic rings. The second-order valence-electron chi connectivity index (χ2n) is 4.21. The first kappa shape index (κ1) is 13.1. The van der Waals surface area contributed by atoms with Crippen molar-refractivity contribution in [2.45, 2.75) is 13.8 Å². The fourth-order valence-corrected chi connectivity index (χ4v) is 1.43. The number of nitrogens with one attached hydrogen (secondary N) is 2. The number of anilines is 2. The molecule has 0 spiro atoms. The number of hydrogen-bond donors (Lipinski definition) is 4. The number of hydrazine groups is 1. The molecule has 5 N–H and O–H groups in total. The Morgan fingerprint density at radius 1 is 1.44 bits per heavy atom. The maximum absolute atomic E-state index is 9.13. The zero-order valence-corrected chi connectivity index (χ0v) is 10.9. The first-order valence-corrected chi connectivity index (χ1v) is 5.61. The third-order valence-corrected chi connectivity index (χ3v) is 2.84. The van der Waals surface area contributed by atoms with E-state index in [1.54, 1.807) is 0 Å². The Bertz CT molecular complexity index is 358. The molecule has 0 atom stereocenters. The highest BCUT2D eigenvalue weighted by molar-refractivity contribution is 9.10. The Hall–Kier alpha value is -0.920. The van der Waals surface area contributed by atoms with E-state index in [4.69, 9.17) is 10.9 Å². The van der Waals surface area contributed by atoms with Crippen LogP contribution in [0.2, 0.25) is 0 Å². The van der Waals surface area contributed by atoms with Crippen molar-refractivity contribution >= 4 is 27.6 Å². The minimum absolute atomic E-state index is 0.102. The average Bonchev–Trinajstić information content (AvgIpc) is 2.28. The van der Waals surface area contributed by atoms with Crippen molar-refractivity contribution in [1.29, 1.82) is 0 Å². The van der Waals surface area contributed by atoms with Gasteiger partial charge in [-0.3, -0.25) is 0 Å². The molecule has 0 aliphatic heterocycles. The summed E-state index contributed by atoms with van der Waals surface area (Å²) >= 11 is 3.34. The highest BCUT2D eigenvalue weighted by Crippen LogP contribution is 2.26. The van der Waals surface area contributed by atoms with E-state index in [-0.39, 0.29) is 12.0 Å². The molecule has 0 aromatic carbocycles. The van der Waals surface area contributed by atoms with E-state index < -0.39 is 0 Å². The van der Waals surface area contributed by atoms with Gasteiger partial charge in [0.25, 0.3) is 0 Å². The van der Waals surface area contributed by atoms with E-state index >= 15 is 0 Å². The van der Waals surface area contributed by atoms with Crippen molar-refractivity contribution in [2.75, 3.05) is 23.9 Å². The highest BCUT2D eigenvalue weighted by Gasteiger charge is 2.17. The Labute approximate surface area is 103 Å². The first-order chi connectivity index (χ1) is 7.50. The number of rotatable bonds is 5. The topological polar surface area (TPSA) is 96.1 Å². The molecule has 0 saturated carbocycles. The van der Waals surface area contributed by atoms with Crippen LogP contribution in [0.3, 0.4) is 0 Å². The maximum Gasteiger partial charge on any atom is 0.159 e. The molecule has 0 aliphatic carbocycles. The second kappa shape index (κ2) is 5.42. The fraction of sp³-hybridized carbons (Fsp3) is 0.556. The van der Waals surface area contributed by atoms with Crippen LogP contribution in [0.1, 0.15) is 13.8 Å². The second-order valence-corrected chi connectivity index (χ2v) is 5.00. The molecule has 1 aromatic heterocycles. The number of aromatic nitrogens is 2. The average molecular weight is 290 g/mol. The van der Waals surface area contributed by atoms with Crippen molar-refractivity contribution in [1.82, 2.24) is 9.97 Å². The molecule has 0 amide bonds. The minimum Gasteiger partial charge on any atom is -0.396 e. The third-order valence-electron chi connectivity index (χ3n) is 2.09. The summed E-state index contributed by atoms with van der Waals surface area (Å²) < 4.78 is 0.672. The van der Waals surface area contributed by atoms with Crippen molar-refractivity contribution in [3.8, 4) is 0 Å². The Balaban J connectivity index is 2.75. The molecule has 0 radical (unpaired) electrons. The Kier molecular flexibility index (Phi) is 4.45. The Morgan fingerprint density at radius 3 is 2.62 bits per heavy atom. The van der Waals surface area contributed by atoms with Gasteiger partial charge >= 0.3 is 0 Å². The largest absolute Gasteiger partial charge is 0.396 e. The third kappa shape index (κ3) is 3.29. The van der Waals surface area contributed by atoms with Crippen LogP contribution in [0, 0.1) is 5.41 Å². The molecule has 1 aromatic rings. The Morgan fingerprint density at radius 2 is 2.06 bits per heavy atom. The standard InChI is InChI=1S/C9H16BrN5O/c1-9(2,4-16)3-12-7-6(10)8(15-11)14-5-13-7/h5,16H,3-4,11H2,1-2H3,(H2,12,13,14,15). The number of aliphatic hydroxyl groups is 1. The van der Waals surface area contributed by atoms with Gasteiger partial charge in [0, 0.05) is 18.6 Å². The summed E-state index contributed by atoms with van der Waals surface area (Å²) in [4.78, 5) is 8.02. The fourth-order valence-electron chi connectivity index (χ4n) is 0.973. The summed E-state index contributed by atoms with van der Waals surface area (Å²) in [5.41, 5.74) is 2.25. The summed E-state index contributed by atoms with van der Waals surface area (Å²) in [5, 5.41) is 12.3. The monoisotopic (exact) mass is 289 g/mol. The summed E-state index contributed by atoms with van der Waals surface area (Å²) in [7, 11) is 0. The van der Waals surface area contributed by atoms with Gasteiger partial charge in [0.1, 0.15) is 16.6 Å². The molecule has 0 unspecified atom stereocenters. The smallest absolute Gasteiger partial charge is 0.159 e. The summed E-state index contributed by atoms with van der Waals surface area (Å²) in [6.07, 6.45) is 1.41. The molecule has 6 nitrogen and oxygen atoms in total. The number of nitrogens with zero attached hydrogens (tertiary/aromatic N) is 2. The molecule has 0 bridgehead atoms. The lowest BCUT2D eigenvalue weighted by Crippen LogP contribution is -2.27. The first-order valence-electron chi connectivity index (χ1n) is 4.82. The summed E-state index contributed by atoms with van der Waals surface area (Å²) in [6, 6.07) is 0. The van der Waals surface area contributed by atoms with Crippen molar-refractivity contribution in [3.05, 3.63) is 10.8 Å². The zero-order valence-electron chi connectivity index (χ0n) is 9.29. The zero-order chi connectivity index (χ0) is 12.2.